The Morgan fingerprint density at radius 3 is 1.95 bits per heavy atom. The lowest BCUT2D eigenvalue weighted by molar-refractivity contribution is 0.145. The van der Waals surface area contributed by atoms with Gasteiger partial charge in [0.25, 0.3) is 6.43 Å². The van der Waals surface area contributed by atoms with Crippen LogP contribution in [-0.4, -0.2) is 0 Å². The highest BCUT2D eigenvalue weighted by Crippen LogP contribution is 2.29. The van der Waals surface area contributed by atoms with Crippen molar-refractivity contribution in [2.75, 3.05) is 0 Å². The van der Waals surface area contributed by atoms with Crippen molar-refractivity contribution in [2.45, 2.75) is 46.0 Å². The summed E-state index contributed by atoms with van der Waals surface area (Å²) in [5.41, 5.74) is 0.353. The second kappa shape index (κ2) is 8.62. The van der Waals surface area contributed by atoms with Gasteiger partial charge in [0.05, 0.1) is 5.56 Å². The Labute approximate surface area is 119 Å². The topological polar surface area (TPSA) is 0 Å². The van der Waals surface area contributed by atoms with Gasteiger partial charge < -0.3 is 0 Å². The van der Waals surface area contributed by atoms with E-state index >= 15 is 0 Å². The number of hydrogen-bond donors (Lipinski definition) is 0. The minimum absolute atomic E-state index is 0.369. The van der Waals surface area contributed by atoms with Crippen molar-refractivity contribution < 1.29 is 13.2 Å². The first-order valence-corrected chi connectivity index (χ1v) is 6.92. The summed E-state index contributed by atoms with van der Waals surface area (Å²) in [6, 6.07) is 3.27. The second-order valence-electron chi connectivity index (χ2n) is 4.63. The normalized spacial score (nSPS) is 12.1. The van der Waals surface area contributed by atoms with E-state index in [0.29, 0.717) is 36.8 Å². The third-order valence-electron chi connectivity index (χ3n) is 3.20. The predicted octanol–water partition coefficient (Wildman–Crippen LogP) is 5.78. The number of aryl methyl sites for hydroxylation is 2. The third kappa shape index (κ3) is 4.55. The zero-order chi connectivity index (χ0) is 15.0. The molecule has 0 nitrogen and oxygen atoms in total. The maximum atomic E-state index is 14.2. The van der Waals surface area contributed by atoms with Crippen LogP contribution in [0.5, 0.6) is 0 Å². The molecule has 1 aromatic rings. The van der Waals surface area contributed by atoms with Crippen LogP contribution < -0.4 is 0 Å². The Morgan fingerprint density at radius 2 is 1.45 bits per heavy atom. The summed E-state index contributed by atoms with van der Waals surface area (Å²) in [6.45, 7) is 3.75. The fourth-order valence-corrected chi connectivity index (χ4v) is 2.14. The smallest absolute Gasteiger partial charge is 0.206 e. The number of alkyl halides is 2. The van der Waals surface area contributed by atoms with Gasteiger partial charge in [-0.05, 0) is 50.7 Å². The molecule has 1 rings (SSSR count). The maximum absolute atomic E-state index is 14.2. The summed E-state index contributed by atoms with van der Waals surface area (Å²) in [7, 11) is 0. The molecule has 0 heterocycles. The molecule has 0 fully saturated rings. The predicted molar refractivity (Wildman–Crippen MR) is 77.6 cm³/mol. The van der Waals surface area contributed by atoms with Gasteiger partial charge in [-0.1, -0.05) is 36.4 Å². The van der Waals surface area contributed by atoms with Gasteiger partial charge >= 0.3 is 0 Å². The van der Waals surface area contributed by atoms with Crippen molar-refractivity contribution in [1.82, 2.24) is 0 Å². The molecule has 0 aliphatic rings. The van der Waals surface area contributed by atoms with Crippen molar-refractivity contribution in [3.8, 4) is 0 Å². The average molecular weight is 282 g/mol. The molecule has 0 aliphatic carbocycles. The molecule has 0 saturated carbocycles. The SMILES string of the molecule is C/C=C/CCc1ccc(CC/C=C/C)c(C(F)F)c1F. The molecule has 1 aromatic carbocycles. The van der Waals surface area contributed by atoms with Gasteiger partial charge in [0, 0.05) is 0 Å². The van der Waals surface area contributed by atoms with Crippen molar-refractivity contribution in [3.05, 3.63) is 58.9 Å². The van der Waals surface area contributed by atoms with Gasteiger partial charge in [-0.15, -0.1) is 0 Å². The molecule has 0 radical (unpaired) electrons. The van der Waals surface area contributed by atoms with Crippen molar-refractivity contribution in [1.29, 1.82) is 0 Å². The number of benzene rings is 1. The summed E-state index contributed by atoms with van der Waals surface area (Å²) < 4.78 is 40.4. The van der Waals surface area contributed by atoms with E-state index in [0.717, 1.165) is 0 Å². The van der Waals surface area contributed by atoms with Gasteiger partial charge in [0.1, 0.15) is 5.82 Å². The van der Waals surface area contributed by atoms with Crippen molar-refractivity contribution >= 4 is 0 Å². The van der Waals surface area contributed by atoms with Gasteiger partial charge in [-0.2, -0.15) is 0 Å². The number of rotatable bonds is 7. The minimum Gasteiger partial charge on any atom is -0.206 e. The molecular weight excluding hydrogens is 261 g/mol. The van der Waals surface area contributed by atoms with E-state index in [1.54, 1.807) is 12.1 Å². The fourth-order valence-electron chi connectivity index (χ4n) is 2.14. The second-order valence-corrected chi connectivity index (χ2v) is 4.63. The first-order chi connectivity index (χ1) is 9.61. The van der Waals surface area contributed by atoms with Crippen LogP contribution in [0.25, 0.3) is 0 Å². The maximum Gasteiger partial charge on any atom is 0.266 e. The number of allylic oxidation sites excluding steroid dienone is 4. The van der Waals surface area contributed by atoms with Crippen LogP contribution in [0.3, 0.4) is 0 Å². The molecule has 0 aliphatic heterocycles. The van der Waals surface area contributed by atoms with E-state index in [-0.39, 0.29) is 0 Å². The molecule has 0 unspecified atom stereocenters. The molecule has 3 heteroatoms. The highest BCUT2D eigenvalue weighted by atomic mass is 19.3. The van der Waals surface area contributed by atoms with E-state index < -0.39 is 17.8 Å². The molecule has 0 saturated heterocycles. The Bertz CT molecular complexity index is 473. The summed E-state index contributed by atoms with van der Waals surface area (Å²) in [6.07, 6.45) is 6.97. The van der Waals surface area contributed by atoms with E-state index in [9.17, 15) is 13.2 Å². The molecule has 110 valence electrons. The van der Waals surface area contributed by atoms with E-state index in [1.807, 2.05) is 38.2 Å². The van der Waals surface area contributed by atoms with Crippen molar-refractivity contribution in [2.24, 2.45) is 0 Å². The molecule has 0 aromatic heterocycles. The summed E-state index contributed by atoms with van der Waals surface area (Å²) in [5.74, 6) is -0.734. The fraction of sp³-hybridized carbons (Fsp3) is 0.412. The average Bonchev–Trinajstić information content (AvgIpc) is 2.41. The van der Waals surface area contributed by atoms with Crippen LogP contribution >= 0.6 is 0 Å². The van der Waals surface area contributed by atoms with Crippen LogP contribution in [0.2, 0.25) is 0 Å². The zero-order valence-corrected chi connectivity index (χ0v) is 12.0. The Kier molecular flexibility index (Phi) is 7.13. The highest BCUT2D eigenvalue weighted by molar-refractivity contribution is 5.35. The van der Waals surface area contributed by atoms with Crippen molar-refractivity contribution in [3.63, 3.8) is 0 Å². The first kappa shape index (κ1) is 16.5. The molecule has 0 spiro atoms. The van der Waals surface area contributed by atoms with Gasteiger partial charge in [-0.3, -0.25) is 0 Å². The van der Waals surface area contributed by atoms with Gasteiger partial charge in [-0.25, -0.2) is 13.2 Å². The van der Waals surface area contributed by atoms with Gasteiger partial charge in [0.15, 0.2) is 0 Å². The Balaban J connectivity index is 3.00. The van der Waals surface area contributed by atoms with Gasteiger partial charge in [0.2, 0.25) is 0 Å². The third-order valence-corrected chi connectivity index (χ3v) is 3.20. The number of hydrogen-bond acceptors (Lipinski definition) is 0. The lowest BCUT2D eigenvalue weighted by Crippen LogP contribution is -2.03. The monoisotopic (exact) mass is 282 g/mol. The van der Waals surface area contributed by atoms with E-state index in [2.05, 4.69) is 0 Å². The van der Waals surface area contributed by atoms with Crippen LogP contribution in [0, 0.1) is 5.82 Å². The van der Waals surface area contributed by atoms with Crippen LogP contribution in [0.15, 0.2) is 36.4 Å². The molecule has 0 bridgehead atoms. The summed E-state index contributed by atoms with van der Waals surface area (Å²) in [4.78, 5) is 0. The van der Waals surface area contributed by atoms with E-state index in [4.69, 9.17) is 0 Å². The lowest BCUT2D eigenvalue weighted by Gasteiger charge is -2.12. The summed E-state index contributed by atoms with van der Waals surface area (Å²) in [5, 5.41) is 0. The van der Waals surface area contributed by atoms with Crippen LogP contribution in [0.1, 0.15) is 49.8 Å². The summed E-state index contributed by atoms with van der Waals surface area (Å²) >= 11 is 0. The zero-order valence-electron chi connectivity index (χ0n) is 12.0. The van der Waals surface area contributed by atoms with E-state index in [1.165, 1.54) is 0 Å². The lowest BCUT2D eigenvalue weighted by atomic mass is 9.97. The Morgan fingerprint density at radius 1 is 0.950 bits per heavy atom. The highest BCUT2D eigenvalue weighted by Gasteiger charge is 2.20. The minimum atomic E-state index is -2.77. The van der Waals surface area contributed by atoms with Crippen LogP contribution in [-0.2, 0) is 12.8 Å². The van der Waals surface area contributed by atoms with Crippen LogP contribution in [0.4, 0.5) is 13.2 Å². The first-order valence-electron chi connectivity index (χ1n) is 6.92. The standard InChI is InChI=1S/C17H21F3/c1-3-5-7-9-13-11-12-14(10-8-6-4-2)16(18)15(13)17(19)20/h3-6,11-12,17H,7-10H2,1-2H3/b5-3+,6-4+. The molecule has 20 heavy (non-hydrogen) atoms. The number of halogens is 3. The quantitative estimate of drug-likeness (QED) is 0.556. The molecule has 0 amide bonds. The molecule has 0 N–H and O–H groups in total. The molecular formula is C17H21F3. The largest absolute Gasteiger partial charge is 0.266 e. The molecule has 0 atom stereocenters. The Hall–Kier alpha value is -1.51.